The van der Waals surface area contributed by atoms with Gasteiger partial charge in [-0.25, -0.2) is 4.39 Å². The molecule has 0 radical (unpaired) electrons. The van der Waals surface area contributed by atoms with E-state index in [-0.39, 0.29) is 41.8 Å². The number of carbonyl (C=O) groups excluding carboxylic acids is 1. The van der Waals surface area contributed by atoms with Crippen LogP contribution in [0.15, 0.2) is 42.5 Å². The van der Waals surface area contributed by atoms with Gasteiger partial charge in [0.2, 0.25) is 0 Å². The van der Waals surface area contributed by atoms with Crippen molar-refractivity contribution in [3.8, 4) is 11.1 Å². The van der Waals surface area contributed by atoms with Gasteiger partial charge in [-0.15, -0.1) is 0 Å². The van der Waals surface area contributed by atoms with Gasteiger partial charge in [0.1, 0.15) is 5.82 Å². The Morgan fingerprint density at radius 1 is 1.19 bits per heavy atom. The second-order valence-corrected chi connectivity index (χ2v) is 6.59. The first-order valence-corrected chi connectivity index (χ1v) is 8.51. The third kappa shape index (κ3) is 7.54. The first-order chi connectivity index (χ1) is 12.3. The van der Waals surface area contributed by atoms with Crippen LogP contribution in [-0.4, -0.2) is 28.4 Å². The number of aliphatic hydroxyl groups is 2. The van der Waals surface area contributed by atoms with Crippen molar-refractivity contribution in [3.05, 3.63) is 63.9 Å². The molecule has 0 aliphatic carbocycles. The first-order valence-electron chi connectivity index (χ1n) is 7.75. The zero-order valence-corrected chi connectivity index (χ0v) is 18.0. The SMILES string of the molecule is O=C([O-])C[C@H](O)C[C@H](O)/C=C/c1c(Cl)cc(Cl)cc1-c1ccc(F)cc1.[Na+]. The Bertz CT molecular complexity index is 812. The van der Waals surface area contributed by atoms with E-state index in [4.69, 9.17) is 23.2 Å². The summed E-state index contributed by atoms with van der Waals surface area (Å²) in [6.45, 7) is 0. The molecule has 0 aromatic heterocycles. The van der Waals surface area contributed by atoms with E-state index in [0.29, 0.717) is 26.7 Å². The summed E-state index contributed by atoms with van der Waals surface area (Å²) in [6.07, 6.45) is -0.0993. The Balaban J connectivity index is 0.00000364. The van der Waals surface area contributed by atoms with Crippen molar-refractivity contribution in [1.29, 1.82) is 0 Å². The zero-order valence-electron chi connectivity index (χ0n) is 14.5. The predicted octanol–water partition coefficient (Wildman–Crippen LogP) is 0.0686. The van der Waals surface area contributed by atoms with Crippen LogP contribution in [0.25, 0.3) is 17.2 Å². The number of rotatable bonds is 7. The summed E-state index contributed by atoms with van der Waals surface area (Å²) in [6, 6.07) is 8.97. The molecule has 0 aliphatic rings. The molecule has 2 atom stereocenters. The number of aliphatic hydroxyl groups excluding tert-OH is 2. The van der Waals surface area contributed by atoms with E-state index in [2.05, 4.69) is 0 Å². The van der Waals surface area contributed by atoms with E-state index in [1.807, 2.05) is 0 Å². The van der Waals surface area contributed by atoms with Crippen molar-refractivity contribution in [1.82, 2.24) is 0 Å². The number of carboxylic acids is 1. The molecule has 2 aromatic carbocycles. The third-order valence-corrected chi connectivity index (χ3v) is 4.18. The van der Waals surface area contributed by atoms with E-state index in [1.165, 1.54) is 24.3 Å². The van der Waals surface area contributed by atoms with Gasteiger partial charge >= 0.3 is 29.6 Å². The van der Waals surface area contributed by atoms with Gasteiger partial charge < -0.3 is 20.1 Å². The molecule has 27 heavy (non-hydrogen) atoms. The maximum Gasteiger partial charge on any atom is 1.00 e. The molecule has 0 fully saturated rings. The Hall–Kier alpha value is -0.920. The molecular formula is C19H16Cl2FNaO4. The molecule has 0 heterocycles. The topological polar surface area (TPSA) is 80.6 Å². The summed E-state index contributed by atoms with van der Waals surface area (Å²) in [7, 11) is 0. The fraction of sp³-hybridized carbons (Fsp3) is 0.211. The summed E-state index contributed by atoms with van der Waals surface area (Å²) in [5.41, 5.74) is 1.87. The molecule has 0 bridgehead atoms. The summed E-state index contributed by atoms with van der Waals surface area (Å²) in [4.78, 5) is 10.4. The minimum atomic E-state index is -1.40. The van der Waals surface area contributed by atoms with Gasteiger partial charge in [-0.3, -0.25) is 0 Å². The van der Waals surface area contributed by atoms with Gasteiger partial charge in [0.25, 0.3) is 0 Å². The normalized spacial score (nSPS) is 13.2. The summed E-state index contributed by atoms with van der Waals surface area (Å²) >= 11 is 12.3. The van der Waals surface area contributed by atoms with Crippen LogP contribution in [0.4, 0.5) is 4.39 Å². The van der Waals surface area contributed by atoms with Crippen molar-refractivity contribution in [2.75, 3.05) is 0 Å². The van der Waals surface area contributed by atoms with Crippen LogP contribution < -0.4 is 34.7 Å². The average Bonchev–Trinajstić information content (AvgIpc) is 2.53. The average molecular weight is 421 g/mol. The Labute approximate surface area is 188 Å². The Morgan fingerprint density at radius 2 is 1.81 bits per heavy atom. The second kappa shape index (κ2) is 11.2. The molecule has 0 aliphatic heterocycles. The molecule has 0 unspecified atom stereocenters. The minimum absolute atomic E-state index is 0. The van der Waals surface area contributed by atoms with Gasteiger partial charge in [0, 0.05) is 34.4 Å². The Morgan fingerprint density at radius 3 is 2.41 bits per heavy atom. The van der Waals surface area contributed by atoms with Crippen LogP contribution in [0.3, 0.4) is 0 Å². The van der Waals surface area contributed by atoms with E-state index < -0.39 is 24.6 Å². The zero-order chi connectivity index (χ0) is 19.3. The van der Waals surface area contributed by atoms with Crippen molar-refractivity contribution in [2.24, 2.45) is 0 Å². The summed E-state index contributed by atoms with van der Waals surface area (Å²) in [5, 5.41) is 30.7. The van der Waals surface area contributed by atoms with E-state index in [9.17, 15) is 24.5 Å². The second-order valence-electron chi connectivity index (χ2n) is 5.75. The first kappa shape index (κ1) is 24.1. The maximum absolute atomic E-state index is 13.2. The molecule has 138 valence electrons. The maximum atomic E-state index is 13.2. The molecule has 0 amide bonds. The summed E-state index contributed by atoms with van der Waals surface area (Å²) < 4.78 is 13.2. The van der Waals surface area contributed by atoms with E-state index in [0.717, 1.165) is 0 Å². The number of hydrogen-bond donors (Lipinski definition) is 2. The van der Waals surface area contributed by atoms with Crippen molar-refractivity contribution < 1.29 is 54.1 Å². The van der Waals surface area contributed by atoms with Gasteiger partial charge in [0.15, 0.2) is 0 Å². The Kier molecular flexibility index (Phi) is 9.98. The monoisotopic (exact) mass is 420 g/mol. The van der Waals surface area contributed by atoms with Crippen LogP contribution in [0.1, 0.15) is 18.4 Å². The molecule has 0 spiro atoms. The van der Waals surface area contributed by atoms with Crippen molar-refractivity contribution >= 4 is 35.2 Å². The number of benzene rings is 2. The van der Waals surface area contributed by atoms with Gasteiger partial charge in [-0.2, -0.15) is 0 Å². The van der Waals surface area contributed by atoms with Crippen LogP contribution in [-0.2, 0) is 4.79 Å². The predicted molar refractivity (Wildman–Crippen MR) is 97.1 cm³/mol. The fourth-order valence-electron chi connectivity index (χ4n) is 2.46. The van der Waals surface area contributed by atoms with Crippen LogP contribution in [0.2, 0.25) is 10.0 Å². The largest absolute Gasteiger partial charge is 1.00 e. The molecule has 0 saturated heterocycles. The van der Waals surface area contributed by atoms with Gasteiger partial charge in [-0.05, 0) is 35.4 Å². The smallest absolute Gasteiger partial charge is 0.550 e. The molecule has 2 N–H and O–H groups in total. The van der Waals surface area contributed by atoms with Crippen LogP contribution in [0, 0.1) is 5.82 Å². The van der Waals surface area contributed by atoms with Gasteiger partial charge in [0.05, 0.1) is 12.2 Å². The summed E-state index contributed by atoms with van der Waals surface area (Å²) in [5.74, 6) is -1.77. The van der Waals surface area contributed by atoms with Crippen molar-refractivity contribution in [3.63, 3.8) is 0 Å². The number of aliphatic carboxylic acids is 1. The molecule has 2 aromatic rings. The molecule has 0 saturated carbocycles. The molecular weight excluding hydrogens is 405 g/mol. The quantitative estimate of drug-likeness (QED) is 0.621. The number of carbonyl (C=O) groups is 1. The fourth-order valence-corrected chi connectivity index (χ4v) is 3.02. The van der Waals surface area contributed by atoms with Crippen LogP contribution >= 0.6 is 23.2 Å². The van der Waals surface area contributed by atoms with Gasteiger partial charge in [-0.1, -0.05) is 47.5 Å². The molecule has 2 rings (SSSR count). The minimum Gasteiger partial charge on any atom is -0.550 e. The van der Waals surface area contributed by atoms with E-state index >= 15 is 0 Å². The third-order valence-electron chi connectivity index (χ3n) is 3.65. The number of hydrogen-bond acceptors (Lipinski definition) is 4. The number of halogens is 3. The molecule has 8 heteroatoms. The molecule has 4 nitrogen and oxygen atoms in total. The standard InChI is InChI=1S/C19H17Cl2FO4.Na/c20-12-7-17(11-1-3-13(22)4-2-11)16(18(21)8-12)6-5-14(23)9-15(24)10-19(25)26;/h1-8,14-15,23-24H,9-10H2,(H,25,26);/q;+1/p-1/b6-5+;/t14-,15-;/m1./s1. The van der Waals surface area contributed by atoms with E-state index in [1.54, 1.807) is 24.3 Å². The number of carboxylic acid groups (broad SMARTS) is 1. The van der Waals surface area contributed by atoms with Crippen molar-refractivity contribution in [2.45, 2.75) is 25.0 Å². The van der Waals surface area contributed by atoms with Crippen LogP contribution in [0.5, 0.6) is 0 Å².